The topological polar surface area (TPSA) is 91.0 Å². The Labute approximate surface area is 71.1 Å². The molecule has 0 saturated heterocycles. The molecule has 1 aromatic rings. The van der Waals surface area contributed by atoms with Gasteiger partial charge in [-0.25, -0.2) is 0 Å². The summed E-state index contributed by atoms with van der Waals surface area (Å²) < 4.78 is 4.91. The second-order valence-corrected chi connectivity index (χ2v) is 3.08. The van der Waals surface area contributed by atoms with E-state index in [1.54, 1.807) is 0 Å². The lowest BCUT2D eigenvalue weighted by molar-refractivity contribution is 0.324. The van der Waals surface area contributed by atoms with Gasteiger partial charge < -0.3 is 16.0 Å². The Hall–Kier alpha value is -1.10. The van der Waals surface area contributed by atoms with Crippen molar-refractivity contribution >= 4 is 5.95 Å². The molecule has 12 heavy (non-hydrogen) atoms. The van der Waals surface area contributed by atoms with Crippen LogP contribution in [0, 0.1) is 5.92 Å². The highest BCUT2D eigenvalue weighted by molar-refractivity contribution is 5.12. The lowest BCUT2D eigenvalue weighted by Gasteiger charge is -2.12. The Balaban J connectivity index is 2.80. The second kappa shape index (κ2) is 3.53. The van der Waals surface area contributed by atoms with Crippen molar-refractivity contribution in [1.82, 2.24) is 10.1 Å². The van der Waals surface area contributed by atoms with E-state index in [2.05, 4.69) is 24.0 Å². The number of hydrogen-bond donors (Lipinski definition) is 2. The fraction of sp³-hybridized carbons (Fsp3) is 0.714. The summed E-state index contributed by atoms with van der Waals surface area (Å²) in [6, 6.07) is 0. The molecule has 1 heterocycles. The van der Waals surface area contributed by atoms with Gasteiger partial charge in [0, 0.05) is 6.54 Å². The summed E-state index contributed by atoms with van der Waals surface area (Å²) in [5, 5.41) is 3.50. The molecule has 0 aliphatic heterocycles. The van der Waals surface area contributed by atoms with Crippen LogP contribution in [0.2, 0.25) is 0 Å². The summed E-state index contributed by atoms with van der Waals surface area (Å²) in [5.41, 5.74) is 10.9. The van der Waals surface area contributed by atoms with E-state index >= 15 is 0 Å². The van der Waals surface area contributed by atoms with Crippen LogP contribution in [0.4, 0.5) is 5.95 Å². The maximum Gasteiger partial charge on any atom is 0.260 e. The van der Waals surface area contributed by atoms with Crippen molar-refractivity contribution in [3.63, 3.8) is 0 Å². The maximum absolute atomic E-state index is 5.55. The number of nitrogens with two attached hydrogens (primary N) is 2. The van der Waals surface area contributed by atoms with Crippen LogP contribution in [0.5, 0.6) is 0 Å². The highest BCUT2D eigenvalue weighted by Gasteiger charge is 2.20. The van der Waals surface area contributed by atoms with Crippen molar-refractivity contribution in [3.8, 4) is 0 Å². The van der Waals surface area contributed by atoms with Crippen LogP contribution in [-0.4, -0.2) is 16.7 Å². The first kappa shape index (κ1) is 8.99. The molecular weight excluding hydrogens is 156 g/mol. The summed E-state index contributed by atoms with van der Waals surface area (Å²) in [7, 11) is 0. The average Bonchev–Trinajstić information content (AvgIpc) is 2.37. The van der Waals surface area contributed by atoms with E-state index in [1.807, 2.05) is 0 Å². The Morgan fingerprint density at radius 3 is 2.50 bits per heavy atom. The van der Waals surface area contributed by atoms with Gasteiger partial charge >= 0.3 is 0 Å². The molecule has 4 N–H and O–H groups in total. The quantitative estimate of drug-likeness (QED) is 0.683. The van der Waals surface area contributed by atoms with E-state index in [-0.39, 0.29) is 11.9 Å². The molecule has 5 heteroatoms. The second-order valence-electron chi connectivity index (χ2n) is 3.08. The molecule has 1 unspecified atom stereocenters. The molecule has 0 saturated carbocycles. The van der Waals surface area contributed by atoms with Gasteiger partial charge in [0.25, 0.3) is 5.95 Å². The van der Waals surface area contributed by atoms with Crippen LogP contribution in [-0.2, 0) is 0 Å². The molecule has 0 amide bonds. The summed E-state index contributed by atoms with van der Waals surface area (Å²) in [6.45, 7) is 4.61. The molecule has 1 rings (SSSR count). The third-order valence-corrected chi connectivity index (χ3v) is 1.83. The van der Waals surface area contributed by atoms with Crippen molar-refractivity contribution in [2.45, 2.75) is 19.8 Å². The van der Waals surface area contributed by atoms with Gasteiger partial charge in [0.1, 0.15) is 0 Å². The number of aromatic nitrogens is 2. The summed E-state index contributed by atoms with van der Waals surface area (Å²) in [5.74, 6) is 1.19. The van der Waals surface area contributed by atoms with Crippen LogP contribution in [0.3, 0.4) is 0 Å². The van der Waals surface area contributed by atoms with E-state index in [0.717, 1.165) is 0 Å². The number of nitrogens with zero attached hydrogens (tertiary/aromatic N) is 2. The first-order chi connectivity index (χ1) is 5.65. The molecule has 68 valence electrons. The zero-order chi connectivity index (χ0) is 9.14. The molecule has 0 spiro atoms. The first-order valence-electron chi connectivity index (χ1n) is 3.94. The van der Waals surface area contributed by atoms with Crippen LogP contribution in [0.25, 0.3) is 0 Å². The third kappa shape index (κ3) is 1.73. The SMILES string of the molecule is CC(C)C(CN)c1nc(N)no1. The number of nitrogen functional groups attached to an aromatic ring is 1. The summed E-state index contributed by atoms with van der Waals surface area (Å²) >= 11 is 0. The normalized spacial score (nSPS) is 13.7. The highest BCUT2D eigenvalue weighted by atomic mass is 16.5. The zero-order valence-electron chi connectivity index (χ0n) is 7.32. The largest absolute Gasteiger partial charge is 0.365 e. The summed E-state index contributed by atoms with van der Waals surface area (Å²) in [6.07, 6.45) is 0. The molecule has 0 fully saturated rings. The molecule has 0 bridgehead atoms. The predicted molar refractivity (Wildman–Crippen MR) is 45.3 cm³/mol. The van der Waals surface area contributed by atoms with Gasteiger partial charge in [-0.15, -0.1) is 0 Å². The van der Waals surface area contributed by atoms with E-state index in [4.69, 9.17) is 16.0 Å². The van der Waals surface area contributed by atoms with E-state index in [0.29, 0.717) is 18.4 Å². The van der Waals surface area contributed by atoms with Crippen LogP contribution in [0.15, 0.2) is 4.52 Å². The minimum absolute atomic E-state index is 0.106. The highest BCUT2D eigenvalue weighted by Crippen LogP contribution is 2.21. The van der Waals surface area contributed by atoms with E-state index in [1.165, 1.54) is 0 Å². The number of rotatable bonds is 3. The van der Waals surface area contributed by atoms with Crippen molar-refractivity contribution in [3.05, 3.63) is 5.89 Å². The molecular formula is C7H14N4O. The van der Waals surface area contributed by atoms with Crippen LogP contribution < -0.4 is 11.5 Å². The monoisotopic (exact) mass is 170 g/mol. The minimum atomic E-state index is 0.106. The molecule has 0 aliphatic rings. The Morgan fingerprint density at radius 2 is 2.17 bits per heavy atom. The van der Waals surface area contributed by atoms with Crippen molar-refractivity contribution in [2.75, 3.05) is 12.3 Å². The molecule has 0 radical (unpaired) electrons. The van der Waals surface area contributed by atoms with E-state index in [9.17, 15) is 0 Å². The molecule has 1 atom stereocenters. The Bertz CT molecular complexity index is 245. The van der Waals surface area contributed by atoms with Crippen LogP contribution in [0.1, 0.15) is 25.7 Å². The molecule has 1 aromatic heterocycles. The predicted octanol–water partition coefficient (Wildman–Crippen LogP) is 0.350. The van der Waals surface area contributed by atoms with Gasteiger partial charge in [0.2, 0.25) is 5.89 Å². The summed E-state index contributed by atoms with van der Waals surface area (Å²) in [4.78, 5) is 3.92. The van der Waals surface area contributed by atoms with Gasteiger partial charge in [-0.2, -0.15) is 4.98 Å². The molecule has 0 aromatic carbocycles. The van der Waals surface area contributed by atoms with Gasteiger partial charge in [-0.3, -0.25) is 0 Å². The van der Waals surface area contributed by atoms with Crippen LogP contribution >= 0.6 is 0 Å². The van der Waals surface area contributed by atoms with Crippen molar-refractivity contribution < 1.29 is 4.52 Å². The minimum Gasteiger partial charge on any atom is -0.365 e. The van der Waals surface area contributed by atoms with Crippen molar-refractivity contribution in [2.24, 2.45) is 11.7 Å². The van der Waals surface area contributed by atoms with Gasteiger partial charge in [-0.05, 0) is 11.1 Å². The Morgan fingerprint density at radius 1 is 1.50 bits per heavy atom. The number of anilines is 1. The fourth-order valence-electron chi connectivity index (χ4n) is 1.06. The zero-order valence-corrected chi connectivity index (χ0v) is 7.32. The van der Waals surface area contributed by atoms with Gasteiger partial charge in [0.15, 0.2) is 0 Å². The van der Waals surface area contributed by atoms with Gasteiger partial charge in [0.05, 0.1) is 5.92 Å². The first-order valence-corrected chi connectivity index (χ1v) is 3.94. The van der Waals surface area contributed by atoms with Gasteiger partial charge in [-0.1, -0.05) is 13.8 Å². The molecule has 0 aliphatic carbocycles. The maximum atomic E-state index is 5.55. The third-order valence-electron chi connectivity index (χ3n) is 1.83. The van der Waals surface area contributed by atoms with Crippen molar-refractivity contribution in [1.29, 1.82) is 0 Å². The average molecular weight is 170 g/mol. The lowest BCUT2D eigenvalue weighted by Crippen LogP contribution is -2.18. The Kier molecular flexibility index (Phi) is 2.65. The lowest BCUT2D eigenvalue weighted by atomic mass is 9.96. The molecule has 5 nitrogen and oxygen atoms in total. The fourth-order valence-corrected chi connectivity index (χ4v) is 1.06. The number of hydrogen-bond acceptors (Lipinski definition) is 5. The standard InChI is InChI=1S/C7H14N4O/c1-4(2)5(3-8)6-10-7(9)11-12-6/h4-5H,3,8H2,1-2H3,(H2,9,11). The van der Waals surface area contributed by atoms with E-state index < -0.39 is 0 Å². The smallest absolute Gasteiger partial charge is 0.260 e.